The smallest absolute Gasteiger partial charge is 0.408 e. The average molecular weight is 546 g/mol. The summed E-state index contributed by atoms with van der Waals surface area (Å²) in [6, 6.07) is 4.32. The second kappa shape index (κ2) is 16.5. The number of amides is 3. The number of nitrogens with zero attached hydrogens (tertiary/aromatic N) is 1. The first kappa shape index (κ1) is 34.5. The van der Waals surface area contributed by atoms with Crippen molar-refractivity contribution in [1.29, 1.82) is 0 Å². The maximum Gasteiger partial charge on any atom is 0.408 e. The fourth-order valence-electron chi connectivity index (χ4n) is 4.89. The van der Waals surface area contributed by atoms with Crippen molar-refractivity contribution in [2.24, 2.45) is 5.92 Å². The summed E-state index contributed by atoms with van der Waals surface area (Å²) in [6.07, 6.45) is 5.72. The molecule has 1 aromatic rings. The van der Waals surface area contributed by atoms with Gasteiger partial charge in [-0.25, -0.2) is 4.79 Å². The van der Waals surface area contributed by atoms with Crippen molar-refractivity contribution in [3.8, 4) is 0 Å². The summed E-state index contributed by atoms with van der Waals surface area (Å²) in [5.41, 5.74) is 2.08. The number of benzene rings is 1. The molecule has 0 aromatic heterocycles. The molecule has 0 bridgehead atoms. The molecule has 3 amide bonds. The average Bonchev–Trinajstić information content (AvgIpc) is 2.83. The van der Waals surface area contributed by atoms with Crippen LogP contribution in [-0.4, -0.2) is 47.0 Å². The van der Waals surface area contributed by atoms with E-state index in [9.17, 15) is 14.4 Å². The highest BCUT2D eigenvalue weighted by Gasteiger charge is 2.39. The molecule has 0 radical (unpaired) electrons. The third-order valence-electron chi connectivity index (χ3n) is 7.17. The second-order valence-corrected chi connectivity index (χ2v) is 12.0. The van der Waals surface area contributed by atoms with Crippen LogP contribution in [0.25, 0.3) is 0 Å². The molecule has 39 heavy (non-hydrogen) atoms. The SMILES string of the molecule is CCCCCCN(C(=O)C(NC(=O)OC(C)(C)C)C(C)CC)C(C(=O)NC(C)CCC)c1c(C)cccc1C. The zero-order chi connectivity index (χ0) is 29.8. The number of rotatable bonds is 15. The molecule has 0 aliphatic rings. The lowest BCUT2D eigenvalue weighted by Gasteiger charge is -2.37. The molecule has 2 N–H and O–H groups in total. The van der Waals surface area contributed by atoms with Gasteiger partial charge in [-0.3, -0.25) is 9.59 Å². The van der Waals surface area contributed by atoms with E-state index in [1.54, 1.807) is 25.7 Å². The van der Waals surface area contributed by atoms with Gasteiger partial charge in [0, 0.05) is 12.6 Å². The van der Waals surface area contributed by atoms with Crippen LogP contribution in [0.1, 0.15) is 123 Å². The summed E-state index contributed by atoms with van der Waals surface area (Å²) >= 11 is 0. The normalized spacial score (nSPS) is 14.6. The van der Waals surface area contributed by atoms with E-state index in [2.05, 4.69) is 24.5 Å². The van der Waals surface area contributed by atoms with Gasteiger partial charge in [0.1, 0.15) is 17.7 Å². The lowest BCUT2D eigenvalue weighted by molar-refractivity contribution is -0.143. The lowest BCUT2D eigenvalue weighted by Crippen LogP contribution is -2.56. The summed E-state index contributed by atoms with van der Waals surface area (Å²) in [6.45, 7) is 20.0. The molecule has 4 unspecified atom stereocenters. The number of nitrogens with one attached hydrogen (secondary N) is 2. The molecule has 0 heterocycles. The van der Waals surface area contributed by atoms with Crippen LogP contribution in [0.4, 0.5) is 4.79 Å². The van der Waals surface area contributed by atoms with E-state index in [0.717, 1.165) is 55.2 Å². The number of unbranched alkanes of at least 4 members (excludes halogenated alkanes) is 3. The van der Waals surface area contributed by atoms with Crippen molar-refractivity contribution in [3.63, 3.8) is 0 Å². The molecule has 1 aromatic carbocycles. The predicted molar refractivity (Wildman–Crippen MR) is 160 cm³/mol. The van der Waals surface area contributed by atoms with Gasteiger partial charge in [0.15, 0.2) is 0 Å². The molecular weight excluding hydrogens is 490 g/mol. The molecule has 0 spiro atoms. The van der Waals surface area contributed by atoms with Crippen molar-refractivity contribution in [1.82, 2.24) is 15.5 Å². The third-order valence-corrected chi connectivity index (χ3v) is 7.17. The van der Waals surface area contributed by atoms with E-state index < -0.39 is 23.8 Å². The molecule has 0 aliphatic heterocycles. The van der Waals surface area contributed by atoms with Gasteiger partial charge in [0.2, 0.25) is 11.8 Å². The number of hydrogen-bond donors (Lipinski definition) is 2. The van der Waals surface area contributed by atoms with Crippen molar-refractivity contribution in [2.45, 2.75) is 138 Å². The largest absolute Gasteiger partial charge is 0.444 e. The molecule has 0 aliphatic carbocycles. The van der Waals surface area contributed by atoms with Crippen LogP contribution in [0.2, 0.25) is 0 Å². The van der Waals surface area contributed by atoms with Crippen LogP contribution in [0.5, 0.6) is 0 Å². The molecule has 0 saturated heterocycles. The van der Waals surface area contributed by atoms with Crippen molar-refractivity contribution in [3.05, 3.63) is 34.9 Å². The summed E-state index contributed by atoms with van der Waals surface area (Å²) in [4.78, 5) is 43.0. The Bertz CT molecular complexity index is 904. The first-order valence-corrected chi connectivity index (χ1v) is 14.9. The Hall–Kier alpha value is -2.57. The van der Waals surface area contributed by atoms with Gasteiger partial charge in [-0.05, 0) is 77.0 Å². The first-order valence-electron chi connectivity index (χ1n) is 14.9. The van der Waals surface area contributed by atoms with Crippen LogP contribution in [-0.2, 0) is 14.3 Å². The number of alkyl carbamates (subject to hydrolysis) is 1. The maximum atomic E-state index is 14.4. The van der Waals surface area contributed by atoms with Crippen LogP contribution in [0.15, 0.2) is 18.2 Å². The lowest BCUT2D eigenvalue weighted by atomic mass is 9.91. The topological polar surface area (TPSA) is 87.7 Å². The number of carbonyl (C=O) groups excluding carboxylic acids is 3. The van der Waals surface area contributed by atoms with Crippen molar-refractivity contribution < 1.29 is 19.1 Å². The molecule has 7 nitrogen and oxygen atoms in total. The molecule has 0 fully saturated rings. The maximum absolute atomic E-state index is 14.4. The molecule has 7 heteroatoms. The van der Waals surface area contributed by atoms with Crippen LogP contribution >= 0.6 is 0 Å². The Labute approximate surface area is 237 Å². The van der Waals surface area contributed by atoms with E-state index >= 15 is 0 Å². The van der Waals surface area contributed by atoms with E-state index in [1.165, 1.54) is 0 Å². The predicted octanol–water partition coefficient (Wildman–Crippen LogP) is 7.00. The third kappa shape index (κ3) is 11.2. The Kier molecular flexibility index (Phi) is 14.6. The fraction of sp³-hybridized carbons (Fsp3) is 0.719. The highest BCUT2D eigenvalue weighted by molar-refractivity contribution is 5.92. The van der Waals surface area contributed by atoms with E-state index in [1.807, 2.05) is 52.8 Å². The van der Waals surface area contributed by atoms with E-state index in [4.69, 9.17) is 4.74 Å². The van der Waals surface area contributed by atoms with Crippen LogP contribution in [0, 0.1) is 19.8 Å². The molecule has 222 valence electrons. The zero-order valence-corrected chi connectivity index (χ0v) is 26.3. The highest BCUT2D eigenvalue weighted by atomic mass is 16.6. The second-order valence-electron chi connectivity index (χ2n) is 12.0. The first-order chi connectivity index (χ1) is 18.3. The molecule has 1 rings (SSSR count). The Morgan fingerprint density at radius 1 is 0.923 bits per heavy atom. The standard InChI is InChI=1S/C32H55N3O4/c1-11-14-15-16-21-35(30(37)27(22(4)13-3)34-31(38)39-32(8,9)10)28(29(36)33-25(7)18-12-2)26-23(5)19-17-20-24(26)6/h17,19-20,22,25,27-28H,11-16,18,21H2,1-10H3,(H,33,36)(H,34,38). The molecular formula is C32H55N3O4. The summed E-state index contributed by atoms with van der Waals surface area (Å²) < 4.78 is 5.52. The van der Waals surface area contributed by atoms with Gasteiger partial charge in [0.05, 0.1) is 0 Å². The Morgan fingerprint density at radius 2 is 1.54 bits per heavy atom. The highest BCUT2D eigenvalue weighted by Crippen LogP contribution is 2.30. The molecule has 0 saturated carbocycles. The van der Waals surface area contributed by atoms with E-state index in [0.29, 0.717) is 13.0 Å². The number of hydrogen-bond acceptors (Lipinski definition) is 4. The Morgan fingerprint density at radius 3 is 2.05 bits per heavy atom. The van der Waals surface area contributed by atoms with Gasteiger partial charge in [-0.1, -0.05) is 78.0 Å². The van der Waals surface area contributed by atoms with Gasteiger partial charge in [-0.15, -0.1) is 0 Å². The zero-order valence-electron chi connectivity index (χ0n) is 26.3. The monoisotopic (exact) mass is 545 g/mol. The van der Waals surface area contributed by atoms with Gasteiger partial charge in [0.25, 0.3) is 0 Å². The number of carbonyl (C=O) groups is 3. The van der Waals surface area contributed by atoms with Gasteiger partial charge >= 0.3 is 6.09 Å². The van der Waals surface area contributed by atoms with Crippen LogP contribution < -0.4 is 10.6 Å². The van der Waals surface area contributed by atoms with Crippen LogP contribution in [0.3, 0.4) is 0 Å². The van der Waals surface area contributed by atoms with E-state index in [-0.39, 0.29) is 23.8 Å². The van der Waals surface area contributed by atoms with Crippen molar-refractivity contribution >= 4 is 17.9 Å². The van der Waals surface area contributed by atoms with Gasteiger partial charge < -0.3 is 20.3 Å². The molecule has 4 atom stereocenters. The summed E-state index contributed by atoms with van der Waals surface area (Å²) in [5.74, 6) is -0.584. The number of ether oxygens (including phenoxy) is 1. The quantitative estimate of drug-likeness (QED) is 0.232. The summed E-state index contributed by atoms with van der Waals surface area (Å²) in [7, 11) is 0. The van der Waals surface area contributed by atoms with Crippen molar-refractivity contribution in [2.75, 3.05) is 6.54 Å². The minimum absolute atomic E-state index is 0.0170. The minimum Gasteiger partial charge on any atom is -0.444 e. The fourth-order valence-corrected chi connectivity index (χ4v) is 4.89. The number of aryl methyl sites for hydroxylation is 2. The van der Waals surface area contributed by atoms with Gasteiger partial charge in [-0.2, -0.15) is 0 Å². The Balaban J connectivity index is 3.63. The minimum atomic E-state index is -0.816. The summed E-state index contributed by atoms with van der Waals surface area (Å²) in [5, 5.41) is 6.04.